The third-order valence-electron chi connectivity index (χ3n) is 2.39. The molecular weight excluding hydrogens is 275 g/mol. The van der Waals surface area contributed by atoms with Gasteiger partial charge in [0.1, 0.15) is 16.8 Å². The van der Waals surface area contributed by atoms with Gasteiger partial charge in [-0.15, -0.1) is 0 Å². The van der Waals surface area contributed by atoms with Crippen LogP contribution in [0.25, 0.3) is 0 Å². The number of hydrogen-bond donors (Lipinski definition) is 3. The van der Waals surface area contributed by atoms with Gasteiger partial charge in [-0.25, -0.2) is 17.5 Å². The number of carbonyl (C=O) groups is 1. The van der Waals surface area contributed by atoms with E-state index in [1.54, 1.807) is 6.92 Å². The van der Waals surface area contributed by atoms with Crippen molar-refractivity contribution < 1.29 is 22.7 Å². The second-order valence-corrected chi connectivity index (χ2v) is 5.65. The van der Waals surface area contributed by atoms with Crippen LogP contribution in [-0.2, 0) is 14.8 Å². The molecule has 0 bridgehead atoms. The minimum Gasteiger partial charge on any atom is -0.382 e. The lowest BCUT2D eigenvalue weighted by molar-refractivity contribution is -0.128. The smallest absolute Gasteiger partial charge is 0.249 e. The second kappa shape index (κ2) is 6.09. The van der Waals surface area contributed by atoms with Gasteiger partial charge in [-0.3, -0.25) is 4.79 Å². The van der Waals surface area contributed by atoms with Crippen LogP contribution in [-0.4, -0.2) is 39.1 Å². The summed E-state index contributed by atoms with van der Waals surface area (Å²) in [5.74, 6) is -1.62. The van der Waals surface area contributed by atoms with Gasteiger partial charge in [0.25, 0.3) is 0 Å². The molecule has 0 aliphatic rings. The Kier molecular flexibility index (Phi) is 4.98. The highest BCUT2D eigenvalue weighted by Crippen LogP contribution is 2.15. The van der Waals surface area contributed by atoms with Gasteiger partial charge < -0.3 is 10.4 Å². The number of aliphatic hydroxyl groups is 1. The standard InChI is InChI=1S/C11H15FN2O4S/c1-7-3-4-10(8(12)5-7)19(17,18)14-6-9(15)11(16)13-2/h3-5,9,14-15H,6H2,1-2H3,(H,13,16). The third-order valence-corrected chi connectivity index (χ3v) is 3.85. The average molecular weight is 290 g/mol. The molecule has 0 aliphatic heterocycles. The number of carbonyl (C=O) groups excluding carboxylic acids is 1. The van der Waals surface area contributed by atoms with Gasteiger partial charge in [-0.1, -0.05) is 6.07 Å². The van der Waals surface area contributed by atoms with Gasteiger partial charge in [-0.2, -0.15) is 0 Å². The van der Waals surface area contributed by atoms with Crippen LogP contribution in [0.3, 0.4) is 0 Å². The van der Waals surface area contributed by atoms with Crippen LogP contribution < -0.4 is 10.0 Å². The van der Waals surface area contributed by atoms with Crippen molar-refractivity contribution in [2.75, 3.05) is 13.6 Å². The lowest BCUT2D eigenvalue weighted by Gasteiger charge is -2.11. The summed E-state index contributed by atoms with van der Waals surface area (Å²) >= 11 is 0. The lowest BCUT2D eigenvalue weighted by atomic mass is 10.2. The fraction of sp³-hybridized carbons (Fsp3) is 0.364. The van der Waals surface area contributed by atoms with E-state index >= 15 is 0 Å². The molecule has 0 radical (unpaired) electrons. The molecule has 0 spiro atoms. The van der Waals surface area contributed by atoms with E-state index in [-0.39, 0.29) is 0 Å². The monoisotopic (exact) mass is 290 g/mol. The van der Waals surface area contributed by atoms with Gasteiger partial charge in [-0.05, 0) is 24.6 Å². The minimum absolute atomic E-state index is 0.526. The van der Waals surface area contributed by atoms with E-state index in [4.69, 9.17) is 0 Å². The first-order valence-electron chi connectivity index (χ1n) is 5.43. The molecule has 6 nitrogen and oxygen atoms in total. The van der Waals surface area contributed by atoms with E-state index in [0.29, 0.717) is 5.56 Å². The molecule has 1 atom stereocenters. The number of aliphatic hydroxyl groups excluding tert-OH is 1. The summed E-state index contributed by atoms with van der Waals surface area (Å²) in [5.41, 5.74) is 0.585. The molecule has 0 heterocycles. The Morgan fingerprint density at radius 3 is 2.63 bits per heavy atom. The number of amides is 1. The summed E-state index contributed by atoms with van der Waals surface area (Å²) < 4.78 is 39.1. The molecule has 106 valence electrons. The quantitative estimate of drug-likeness (QED) is 0.682. The topological polar surface area (TPSA) is 95.5 Å². The predicted molar refractivity (Wildman–Crippen MR) is 66.4 cm³/mol. The Bertz CT molecular complexity index is 574. The molecule has 0 saturated carbocycles. The summed E-state index contributed by atoms with van der Waals surface area (Å²) in [6, 6.07) is 3.66. The maximum absolute atomic E-state index is 13.5. The van der Waals surface area contributed by atoms with Crippen LogP contribution in [0.2, 0.25) is 0 Å². The minimum atomic E-state index is -4.11. The lowest BCUT2D eigenvalue weighted by Crippen LogP contribution is -2.41. The van der Waals surface area contributed by atoms with Crippen molar-refractivity contribution in [2.24, 2.45) is 0 Å². The van der Waals surface area contributed by atoms with E-state index < -0.39 is 39.3 Å². The molecule has 0 aliphatic carbocycles. The maximum atomic E-state index is 13.5. The molecule has 1 rings (SSSR count). The Morgan fingerprint density at radius 2 is 2.11 bits per heavy atom. The third kappa shape index (κ3) is 3.98. The summed E-state index contributed by atoms with van der Waals surface area (Å²) in [6.07, 6.45) is -1.53. The van der Waals surface area contributed by atoms with E-state index in [0.717, 1.165) is 12.1 Å². The molecule has 8 heteroatoms. The number of aryl methyl sites for hydroxylation is 1. The van der Waals surface area contributed by atoms with E-state index in [1.165, 1.54) is 13.1 Å². The number of hydrogen-bond acceptors (Lipinski definition) is 4. The van der Waals surface area contributed by atoms with Crippen LogP contribution in [0.1, 0.15) is 5.56 Å². The molecule has 19 heavy (non-hydrogen) atoms. The normalized spacial score (nSPS) is 13.1. The predicted octanol–water partition coefficient (Wildman–Crippen LogP) is -0.481. The molecule has 0 aromatic heterocycles. The Hall–Kier alpha value is -1.51. The number of halogens is 1. The molecule has 3 N–H and O–H groups in total. The van der Waals surface area contributed by atoms with Crippen LogP contribution >= 0.6 is 0 Å². The summed E-state index contributed by atoms with van der Waals surface area (Å²) in [6.45, 7) is 1.09. The molecule has 1 unspecified atom stereocenters. The van der Waals surface area contributed by atoms with E-state index in [9.17, 15) is 22.7 Å². The highest BCUT2D eigenvalue weighted by Gasteiger charge is 2.22. The van der Waals surface area contributed by atoms with Crippen LogP contribution in [0.4, 0.5) is 4.39 Å². The molecule has 1 aromatic carbocycles. The van der Waals surface area contributed by atoms with Crippen molar-refractivity contribution >= 4 is 15.9 Å². The summed E-state index contributed by atoms with van der Waals surface area (Å²) in [5, 5.41) is 11.5. The van der Waals surface area contributed by atoms with Crippen LogP contribution in [0.15, 0.2) is 23.1 Å². The number of likely N-dealkylation sites (N-methyl/N-ethyl adjacent to an activating group) is 1. The Morgan fingerprint density at radius 1 is 1.47 bits per heavy atom. The zero-order chi connectivity index (χ0) is 14.6. The first-order chi connectivity index (χ1) is 8.77. The Balaban J connectivity index is 2.85. The molecule has 0 fully saturated rings. The summed E-state index contributed by atoms with van der Waals surface area (Å²) in [4.78, 5) is 10.5. The fourth-order valence-corrected chi connectivity index (χ4v) is 2.45. The first kappa shape index (κ1) is 15.5. The van der Waals surface area contributed by atoms with Gasteiger partial charge >= 0.3 is 0 Å². The first-order valence-corrected chi connectivity index (χ1v) is 6.91. The number of nitrogens with one attached hydrogen (secondary N) is 2. The van der Waals surface area contributed by atoms with Crippen LogP contribution in [0, 0.1) is 12.7 Å². The number of benzene rings is 1. The number of sulfonamides is 1. The molecular formula is C11H15FN2O4S. The second-order valence-electron chi connectivity index (χ2n) is 3.92. The van der Waals surface area contributed by atoms with Gasteiger partial charge in [0, 0.05) is 13.6 Å². The van der Waals surface area contributed by atoms with Crippen molar-refractivity contribution in [3.63, 3.8) is 0 Å². The van der Waals surface area contributed by atoms with Crippen LogP contribution in [0.5, 0.6) is 0 Å². The molecule has 0 saturated heterocycles. The zero-order valence-electron chi connectivity index (χ0n) is 10.5. The largest absolute Gasteiger partial charge is 0.382 e. The highest BCUT2D eigenvalue weighted by molar-refractivity contribution is 7.89. The van der Waals surface area contributed by atoms with Gasteiger partial charge in [0.05, 0.1) is 0 Å². The average Bonchev–Trinajstić information content (AvgIpc) is 2.34. The SMILES string of the molecule is CNC(=O)C(O)CNS(=O)(=O)c1ccc(C)cc1F. The van der Waals surface area contributed by atoms with E-state index in [2.05, 4.69) is 5.32 Å². The fourth-order valence-electron chi connectivity index (χ4n) is 1.35. The van der Waals surface area contributed by atoms with Crippen molar-refractivity contribution in [1.29, 1.82) is 0 Å². The molecule has 1 aromatic rings. The van der Waals surface area contributed by atoms with Gasteiger partial charge in [0.15, 0.2) is 0 Å². The zero-order valence-corrected chi connectivity index (χ0v) is 11.3. The van der Waals surface area contributed by atoms with Gasteiger partial charge in [0.2, 0.25) is 15.9 Å². The molecule has 1 amide bonds. The van der Waals surface area contributed by atoms with Crippen molar-refractivity contribution in [3.05, 3.63) is 29.6 Å². The van der Waals surface area contributed by atoms with Crippen molar-refractivity contribution in [1.82, 2.24) is 10.0 Å². The van der Waals surface area contributed by atoms with E-state index in [1.807, 2.05) is 4.72 Å². The van der Waals surface area contributed by atoms with Crippen molar-refractivity contribution in [3.8, 4) is 0 Å². The summed E-state index contributed by atoms with van der Waals surface area (Å²) in [7, 11) is -2.80. The maximum Gasteiger partial charge on any atom is 0.249 e. The highest BCUT2D eigenvalue weighted by atomic mass is 32.2. The Labute approximate surface area is 110 Å². The van der Waals surface area contributed by atoms with Crippen molar-refractivity contribution in [2.45, 2.75) is 17.9 Å². The number of rotatable bonds is 5.